The first kappa shape index (κ1) is 25.0. The van der Waals surface area contributed by atoms with Crippen molar-refractivity contribution in [3.63, 3.8) is 0 Å². The van der Waals surface area contributed by atoms with Gasteiger partial charge in [0.15, 0.2) is 23.1 Å². The number of phenols is 1. The molecule has 0 radical (unpaired) electrons. The number of allylic oxidation sites excluding steroid dienone is 6. The van der Waals surface area contributed by atoms with Crippen molar-refractivity contribution < 1.29 is 29.0 Å². The Morgan fingerprint density at radius 1 is 1.16 bits per heavy atom. The number of amides is 2. The molecule has 6 rings (SSSR count). The van der Waals surface area contributed by atoms with Crippen LogP contribution in [0.2, 0.25) is 0 Å². The molecule has 1 fully saturated rings. The molecule has 1 N–H and O–H groups in total. The number of phenolic OH excluding ortho intramolecular Hbond substituents is 1. The minimum atomic E-state index is -0.744. The molecule has 2 aromatic rings. The highest BCUT2D eigenvalue weighted by Gasteiger charge is 2.56. The van der Waals surface area contributed by atoms with Crippen molar-refractivity contribution in [2.45, 2.75) is 32.2 Å². The molecule has 1 saturated heterocycles. The van der Waals surface area contributed by atoms with Crippen molar-refractivity contribution in [3.05, 3.63) is 79.0 Å². The minimum absolute atomic E-state index is 0.129. The average Bonchev–Trinajstić information content (AvgIpc) is 3.50. The monoisotopic (exact) mass is 593 g/mol. The van der Waals surface area contributed by atoms with Gasteiger partial charge in [0.2, 0.25) is 11.8 Å². The predicted octanol–water partition coefficient (Wildman–Crippen LogP) is 4.85. The fourth-order valence-corrected chi connectivity index (χ4v) is 7.63. The zero-order valence-electron chi connectivity index (χ0n) is 20.7. The number of ketones is 2. The Bertz CT molecular complexity index is 1520. The Kier molecular flexibility index (Phi) is 6.03. The number of carbonyl (C=O) groups excluding carboxylic acids is 4. The van der Waals surface area contributed by atoms with Gasteiger partial charge in [0.1, 0.15) is 0 Å². The van der Waals surface area contributed by atoms with Crippen LogP contribution in [0.25, 0.3) is 0 Å². The number of hydrogen-bond donors (Lipinski definition) is 1. The molecule has 3 aliphatic carbocycles. The quantitative estimate of drug-likeness (QED) is 0.309. The number of rotatable bonds is 4. The summed E-state index contributed by atoms with van der Waals surface area (Å²) in [7, 11) is 1.44. The molecule has 1 aromatic heterocycles. The lowest BCUT2D eigenvalue weighted by atomic mass is 9.59. The van der Waals surface area contributed by atoms with Crippen LogP contribution >= 0.6 is 27.3 Å². The highest BCUT2D eigenvalue weighted by atomic mass is 79.9. The molecule has 1 aromatic carbocycles. The summed E-state index contributed by atoms with van der Waals surface area (Å²) in [6, 6.07) is 7.13. The van der Waals surface area contributed by atoms with Crippen molar-refractivity contribution >= 4 is 50.6 Å². The van der Waals surface area contributed by atoms with E-state index in [1.165, 1.54) is 29.4 Å². The van der Waals surface area contributed by atoms with Gasteiger partial charge in [-0.1, -0.05) is 33.6 Å². The second kappa shape index (κ2) is 9.17. The highest BCUT2D eigenvalue weighted by Crippen LogP contribution is 2.57. The lowest BCUT2D eigenvalue weighted by Gasteiger charge is -2.42. The summed E-state index contributed by atoms with van der Waals surface area (Å²) in [5, 5.41) is 13.1. The van der Waals surface area contributed by atoms with Crippen LogP contribution < -0.4 is 4.74 Å². The van der Waals surface area contributed by atoms with E-state index in [9.17, 15) is 24.3 Å². The molecule has 38 heavy (non-hydrogen) atoms. The summed E-state index contributed by atoms with van der Waals surface area (Å²) >= 11 is 4.96. The molecule has 1 aliphatic heterocycles. The molecular weight excluding hydrogens is 570 g/mol. The summed E-state index contributed by atoms with van der Waals surface area (Å²) in [5.41, 5.74) is 2.23. The maximum absolute atomic E-state index is 13.8. The lowest BCUT2D eigenvalue weighted by Crippen LogP contribution is -2.39. The minimum Gasteiger partial charge on any atom is -0.504 e. The molecule has 0 spiro atoms. The number of nitrogens with zero attached hydrogens (tertiary/aromatic N) is 1. The van der Waals surface area contributed by atoms with E-state index in [0.29, 0.717) is 33.2 Å². The number of fused-ring (bicyclic) bond motifs is 3. The maximum atomic E-state index is 13.8. The van der Waals surface area contributed by atoms with Gasteiger partial charge < -0.3 is 9.84 Å². The number of carbonyl (C=O) groups is 4. The normalized spacial score (nSPS) is 26.7. The number of hydrogen-bond acceptors (Lipinski definition) is 7. The van der Waals surface area contributed by atoms with Crippen LogP contribution in [-0.4, -0.2) is 40.5 Å². The average molecular weight is 594 g/mol. The summed E-state index contributed by atoms with van der Waals surface area (Å²) in [4.78, 5) is 56.3. The standard InChI is InChI=1S/C29H24BrNO6S/c1-13-8-21(32)25-20(26(13)33)11-18-16(23(25)19-9-14(30)10-22(37-2)27(19)34)5-6-17-24(18)29(36)31(28(17)35)12-15-4-3-7-38-15/h3-5,7-10,17-18,23-24,34H,6,11-12H2,1-2H3. The molecular formula is C29H24BrNO6S. The van der Waals surface area contributed by atoms with Crippen molar-refractivity contribution in [3.8, 4) is 11.5 Å². The van der Waals surface area contributed by atoms with Crippen LogP contribution in [-0.2, 0) is 25.7 Å². The van der Waals surface area contributed by atoms with Crippen LogP contribution in [0, 0.1) is 17.8 Å². The van der Waals surface area contributed by atoms with Gasteiger partial charge in [-0.2, -0.15) is 0 Å². The molecule has 7 nitrogen and oxygen atoms in total. The number of aromatic hydroxyl groups is 1. The summed E-state index contributed by atoms with van der Waals surface area (Å²) in [5.74, 6) is -3.21. The van der Waals surface area contributed by atoms with E-state index in [-0.39, 0.29) is 47.8 Å². The van der Waals surface area contributed by atoms with Gasteiger partial charge in [-0.3, -0.25) is 24.1 Å². The summed E-state index contributed by atoms with van der Waals surface area (Å²) in [6.45, 7) is 1.84. The molecule has 9 heteroatoms. The van der Waals surface area contributed by atoms with E-state index in [2.05, 4.69) is 15.9 Å². The largest absolute Gasteiger partial charge is 0.504 e. The van der Waals surface area contributed by atoms with Gasteiger partial charge in [-0.05, 0) is 55.3 Å². The third-order valence-corrected chi connectivity index (χ3v) is 9.47. The van der Waals surface area contributed by atoms with Crippen molar-refractivity contribution in [1.29, 1.82) is 0 Å². The lowest BCUT2D eigenvalue weighted by molar-refractivity contribution is -0.140. The zero-order valence-corrected chi connectivity index (χ0v) is 23.1. The fourth-order valence-electron chi connectivity index (χ4n) is 6.49. The maximum Gasteiger partial charge on any atom is 0.234 e. The van der Waals surface area contributed by atoms with Gasteiger partial charge in [0.25, 0.3) is 0 Å². The van der Waals surface area contributed by atoms with Gasteiger partial charge in [-0.15, -0.1) is 11.3 Å². The molecule has 0 saturated carbocycles. The van der Waals surface area contributed by atoms with Crippen molar-refractivity contribution in [2.75, 3.05) is 7.11 Å². The second-order valence-electron chi connectivity index (χ2n) is 10.1. The van der Waals surface area contributed by atoms with Crippen molar-refractivity contribution in [1.82, 2.24) is 4.90 Å². The number of likely N-dealkylation sites (tertiary alicyclic amines) is 1. The third kappa shape index (κ3) is 3.66. The van der Waals surface area contributed by atoms with E-state index in [1.807, 2.05) is 23.6 Å². The van der Waals surface area contributed by atoms with Crippen molar-refractivity contribution in [2.24, 2.45) is 17.8 Å². The van der Waals surface area contributed by atoms with Crippen LogP contribution in [0.4, 0.5) is 0 Å². The molecule has 2 heterocycles. The van der Waals surface area contributed by atoms with Crippen LogP contribution in [0.5, 0.6) is 11.5 Å². The SMILES string of the molecule is COc1cc(Br)cc(C2C3=CCC4C(=O)N(Cc5cccs5)C(=O)C4C3CC3=C2C(=O)C=C(C)C3=O)c1O. The third-order valence-electron chi connectivity index (χ3n) is 8.15. The number of thiophene rings is 1. The van der Waals surface area contributed by atoms with E-state index < -0.39 is 23.7 Å². The topological polar surface area (TPSA) is 101 Å². The number of methoxy groups -OCH3 is 1. The predicted molar refractivity (Wildman–Crippen MR) is 144 cm³/mol. The van der Waals surface area contributed by atoms with E-state index >= 15 is 0 Å². The fraction of sp³-hybridized carbons (Fsp3) is 0.310. The molecule has 2 amide bonds. The van der Waals surface area contributed by atoms with Crippen LogP contribution in [0.1, 0.15) is 36.1 Å². The number of Topliss-reactive ketones (excluding diaryl/α,β-unsaturated/α-hetero) is 1. The molecule has 0 bridgehead atoms. The van der Waals surface area contributed by atoms with Gasteiger partial charge in [-0.25, -0.2) is 0 Å². The van der Waals surface area contributed by atoms with Crippen LogP contribution in [0.3, 0.4) is 0 Å². The summed E-state index contributed by atoms with van der Waals surface area (Å²) in [6.07, 6.45) is 3.84. The number of imide groups is 1. The molecule has 194 valence electrons. The van der Waals surface area contributed by atoms with E-state index in [4.69, 9.17) is 4.74 Å². The number of halogens is 1. The zero-order chi connectivity index (χ0) is 26.9. The van der Waals surface area contributed by atoms with E-state index in [0.717, 1.165) is 10.5 Å². The Balaban J connectivity index is 1.50. The van der Waals surface area contributed by atoms with Crippen LogP contribution in [0.15, 0.2) is 68.6 Å². The van der Waals surface area contributed by atoms with Gasteiger partial charge in [0, 0.05) is 37.6 Å². The summed E-state index contributed by atoms with van der Waals surface area (Å²) < 4.78 is 6.01. The Labute approximate surface area is 231 Å². The molecule has 4 unspecified atom stereocenters. The molecule has 4 aliphatic rings. The first-order chi connectivity index (χ1) is 18.2. The smallest absolute Gasteiger partial charge is 0.234 e. The van der Waals surface area contributed by atoms with Gasteiger partial charge >= 0.3 is 0 Å². The number of benzene rings is 1. The highest BCUT2D eigenvalue weighted by molar-refractivity contribution is 9.10. The Morgan fingerprint density at radius 2 is 1.95 bits per heavy atom. The molecule has 4 atom stereocenters. The first-order valence-corrected chi connectivity index (χ1v) is 14.0. The van der Waals surface area contributed by atoms with E-state index in [1.54, 1.807) is 19.1 Å². The second-order valence-corrected chi connectivity index (χ2v) is 12.1. The first-order valence-electron chi connectivity index (χ1n) is 12.4. The Morgan fingerprint density at radius 3 is 2.66 bits per heavy atom. The Hall–Kier alpha value is -3.30. The van der Waals surface area contributed by atoms with Gasteiger partial charge in [0.05, 0.1) is 25.5 Å². The number of ether oxygens (including phenoxy) is 1.